The van der Waals surface area contributed by atoms with Crippen molar-refractivity contribution in [2.24, 2.45) is 0 Å². The molecule has 0 saturated heterocycles. The third kappa shape index (κ3) is 2.66. The zero-order valence-electron chi connectivity index (χ0n) is 11.2. The van der Waals surface area contributed by atoms with Gasteiger partial charge in [0, 0.05) is 12.4 Å². The van der Waals surface area contributed by atoms with Crippen molar-refractivity contribution in [3.05, 3.63) is 48.0 Å². The summed E-state index contributed by atoms with van der Waals surface area (Å²) >= 11 is 0. The van der Waals surface area contributed by atoms with E-state index in [2.05, 4.69) is 15.2 Å². The van der Waals surface area contributed by atoms with Crippen LogP contribution < -0.4 is 4.74 Å². The zero-order chi connectivity index (χ0) is 14.8. The van der Waals surface area contributed by atoms with E-state index in [0.717, 1.165) is 5.82 Å². The van der Waals surface area contributed by atoms with E-state index in [1.54, 1.807) is 41.1 Å². The molecule has 1 N–H and O–H groups in total. The van der Waals surface area contributed by atoms with Crippen molar-refractivity contribution in [3.8, 4) is 11.6 Å². The molecule has 0 fully saturated rings. The molecular formula is C14H12N4O3. The molecule has 0 amide bonds. The van der Waals surface area contributed by atoms with Crippen LogP contribution in [-0.2, 0) is 11.2 Å². The number of ether oxygens (including phenoxy) is 1. The van der Waals surface area contributed by atoms with E-state index < -0.39 is 5.97 Å². The number of hydrogen-bond acceptors (Lipinski definition) is 5. The van der Waals surface area contributed by atoms with Crippen molar-refractivity contribution in [2.75, 3.05) is 0 Å². The van der Waals surface area contributed by atoms with Gasteiger partial charge in [0.05, 0.1) is 6.42 Å². The molecule has 0 aliphatic heterocycles. The van der Waals surface area contributed by atoms with Crippen LogP contribution in [0.15, 0.2) is 36.7 Å². The molecule has 0 saturated carbocycles. The van der Waals surface area contributed by atoms with Crippen LogP contribution in [0.1, 0.15) is 11.4 Å². The highest BCUT2D eigenvalue weighted by Gasteiger charge is 2.10. The summed E-state index contributed by atoms with van der Waals surface area (Å²) in [6.45, 7) is 1.83. The molecule has 0 atom stereocenters. The predicted octanol–water partition coefficient (Wildman–Crippen LogP) is 1.85. The zero-order valence-corrected chi connectivity index (χ0v) is 11.2. The number of aryl methyl sites for hydroxylation is 1. The van der Waals surface area contributed by atoms with E-state index in [-0.39, 0.29) is 6.42 Å². The molecule has 3 aromatic rings. The van der Waals surface area contributed by atoms with E-state index in [9.17, 15) is 4.79 Å². The monoisotopic (exact) mass is 284 g/mol. The highest BCUT2D eigenvalue weighted by Crippen LogP contribution is 2.23. The minimum atomic E-state index is -0.888. The Kier molecular flexibility index (Phi) is 3.23. The summed E-state index contributed by atoms with van der Waals surface area (Å²) in [6, 6.07) is 6.88. The number of hydrogen-bond donors (Lipinski definition) is 1. The number of fused-ring (bicyclic) bond motifs is 1. The maximum absolute atomic E-state index is 10.7. The number of nitrogens with zero attached hydrogens (tertiary/aromatic N) is 4. The van der Waals surface area contributed by atoms with Gasteiger partial charge in [-0.3, -0.25) is 9.20 Å². The molecule has 0 aliphatic rings. The third-order valence-corrected chi connectivity index (χ3v) is 2.93. The summed E-state index contributed by atoms with van der Waals surface area (Å²) in [7, 11) is 0. The van der Waals surface area contributed by atoms with Gasteiger partial charge in [-0.1, -0.05) is 12.1 Å². The molecule has 0 bridgehead atoms. The molecule has 0 unspecified atom stereocenters. The number of carboxylic acids is 1. The van der Waals surface area contributed by atoms with Gasteiger partial charge >= 0.3 is 5.97 Å². The number of benzene rings is 1. The standard InChI is InChI=1S/C14H12N4O3/c1-9-16-17-13-14(15-5-6-18(9)13)21-11-4-2-3-10(7-11)8-12(19)20/h2-7H,8H2,1H3,(H,19,20). The fraction of sp³-hybridized carbons (Fsp3) is 0.143. The first-order valence-electron chi connectivity index (χ1n) is 6.28. The molecule has 106 valence electrons. The number of carboxylic acid groups (broad SMARTS) is 1. The summed E-state index contributed by atoms with van der Waals surface area (Å²) in [5.41, 5.74) is 1.17. The SMILES string of the molecule is Cc1nnc2c(Oc3cccc(CC(=O)O)c3)nccn12. The lowest BCUT2D eigenvalue weighted by Gasteiger charge is -2.06. The van der Waals surface area contributed by atoms with Crippen LogP contribution in [0, 0.1) is 6.92 Å². The van der Waals surface area contributed by atoms with Crippen LogP contribution in [-0.4, -0.2) is 30.7 Å². The van der Waals surface area contributed by atoms with Gasteiger partial charge in [0.1, 0.15) is 11.6 Å². The Morgan fingerprint density at radius 1 is 1.38 bits per heavy atom. The highest BCUT2D eigenvalue weighted by atomic mass is 16.5. The molecule has 0 spiro atoms. The lowest BCUT2D eigenvalue weighted by atomic mass is 10.1. The number of rotatable bonds is 4. The maximum atomic E-state index is 10.7. The van der Waals surface area contributed by atoms with Gasteiger partial charge in [-0.2, -0.15) is 0 Å². The van der Waals surface area contributed by atoms with Gasteiger partial charge in [0.25, 0.3) is 5.88 Å². The first-order valence-corrected chi connectivity index (χ1v) is 6.28. The average Bonchev–Trinajstić information content (AvgIpc) is 2.82. The molecule has 1 aromatic carbocycles. The Balaban J connectivity index is 1.93. The molecule has 7 nitrogen and oxygen atoms in total. The van der Waals surface area contributed by atoms with Crippen LogP contribution in [0.3, 0.4) is 0 Å². The normalized spacial score (nSPS) is 10.7. The second-order valence-corrected chi connectivity index (χ2v) is 4.49. The Labute approximate surface area is 119 Å². The van der Waals surface area contributed by atoms with E-state index in [0.29, 0.717) is 22.8 Å². The topological polar surface area (TPSA) is 89.6 Å². The van der Waals surface area contributed by atoms with Gasteiger partial charge in [0.2, 0.25) is 5.65 Å². The summed E-state index contributed by atoms with van der Waals surface area (Å²) in [5, 5.41) is 16.8. The summed E-state index contributed by atoms with van der Waals surface area (Å²) in [5.74, 6) is 0.679. The van der Waals surface area contributed by atoms with Crippen molar-refractivity contribution >= 4 is 11.6 Å². The van der Waals surface area contributed by atoms with E-state index in [1.807, 2.05) is 6.92 Å². The van der Waals surface area contributed by atoms with Crippen molar-refractivity contribution in [2.45, 2.75) is 13.3 Å². The second kappa shape index (κ2) is 5.20. The molecule has 0 aliphatic carbocycles. The third-order valence-electron chi connectivity index (χ3n) is 2.93. The van der Waals surface area contributed by atoms with Gasteiger partial charge in [0.15, 0.2) is 0 Å². The lowest BCUT2D eigenvalue weighted by Crippen LogP contribution is -2.00. The Morgan fingerprint density at radius 3 is 3.05 bits per heavy atom. The molecule has 0 radical (unpaired) electrons. The van der Waals surface area contributed by atoms with Crippen LogP contribution in [0.25, 0.3) is 5.65 Å². The van der Waals surface area contributed by atoms with Crippen LogP contribution in [0.2, 0.25) is 0 Å². The van der Waals surface area contributed by atoms with Crippen molar-refractivity contribution in [3.63, 3.8) is 0 Å². The van der Waals surface area contributed by atoms with E-state index >= 15 is 0 Å². The van der Waals surface area contributed by atoms with Gasteiger partial charge in [-0.15, -0.1) is 10.2 Å². The average molecular weight is 284 g/mol. The lowest BCUT2D eigenvalue weighted by molar-refractivity contribution is -0.136. The Morgan fingerprint density at radius 2 is 2.24 bits per heavy atom. The maximum Gasteiger partial charge on any atom is 0.307 e. The fourth-order valence-corrected chi connectivity index (χ4v) is 2.00. The summed E-state index contributed by atoms with van der Waals surface area (Å²) < 4.78 is 7.47. The number of aliphatic carboxylic acids is 1. The van der Waals surface area contributed by atoms with Gasteiger partial charge in [-0.25, -0.2) is 4.98 Å². The predicted molar refractivity (Wildman–Crippen MR) is 73.4 cm³/mol. The largest absolute Gasteiger partial charge is 0.481 e. The van der Waals surface area contributed by atoms with Crippen LogP contribution in [0.4, 0.5) is 0 Å². The minimum Gasteiger partial charge on any atom is -0.481 e. The second-order valence-electron chi connectivity index (χ2n) is 4.49. The molecule has 21 heavy (non-hydrogen) atoms. The summed E-state index contributed by atoms with van der Waals surface area (Å²) in [6.07, 6.45) is 3.29. The van der Waals surface area contributed by atoms with E-state index in [1.165, 1.54) is 0 Å². The Hall–Kier alpha value is -2.96. The van der Waals surface area contributed by atoms with Crippen molar-refractivity contribution in [1.29, 1.82) is 0 Å². The molecular weight excluding hydrogens is 272 g/mol. The highest BCUT2D eigenvalue weighted by molar-refractivity contribution is 5.70. The quantitative estimate of drug-likeness (QED) is 0.786. The molecule has 3 rings (SSSR count). The van der Waals surface area contributed by atoms with Crippen LogP contribution in [0.5, 0.6) is 11.6 Å². The molecule has 2 heterocycles. The summed E-state index contributed by atoms with van der Waals surface area (Å²) in [4.78, 5) is 14.9. The first kappa shape index (κ1) is 13.0. The molecule has 2 aromatic heterocycles. The first-order chi connectivity index (χ1) is 10.1. The van der Waals surface area contributed by atoms with Crippen molar-refractivity contribution in [1.82, 2.24) is 19.6 Å². The van der Waals surface area contributed by atoms with Crippen LogP contribution >= 0.6 is 0 Å². The number of carbonyl (C=O) groups is 1. The Bertz CT molecular complexity index is 813. The molecule has 7 heteroatoms. The van der Waals surface area contributed by atoms with E-state index in [4.69, 9.17) is 9.84 Å². The fourth-order valence-electron chi connectivity index (χ4n) is 2.00. The van der Waals surface area contributed by atoms with Crippen molar-refractivity contribution < 1.29 is 14.6 Å². The minimum absolute atomic E-state index is 0.0567. The van der Waals surface area contributed by atoms with Gasteiger partial charge in [-0.05, 0) is 24.6 Å². The van der Waals surface area contributed by atoms with Gasteiger partial charge < -0.3 is 9.84 Å². The number of aromatic nitrogens is 4. The smallest absolute Gasteiger partial charge is 0.307 e.